The number of hydrogen-bond donors (Lipinski definition) is 1. The van der Waals surface area contributed by atoms with Gasteiger partial charge in [-0.25, -0.2) is 0 Å². The summed E-state index contributed by atoms with van der Waals surface area (Å²) in [6.07, 6.45) is 3.16. The zero-order valence-corrected chi connectivity index (χ0v) is 10.4. The van der Waals surface area contributed by atoms with E-state index >= 15 is 0 Å². The van der Waals surface area contributed by atoms with E-state index in [1.165, 1.54) is 5.56 Å². The Morgan fingerprint density at radius 2 is 1.88 bits per heavy atom. The predicted octanol–water partition coefficient (Wildman–Crippen LogP) is 3.04. The standard InChI is InChI=1S/C14H22N2/c1-3-10-15-14(16-11-4-2)12-13-8-6-5-7-9-13/h5-9H,3-4,10-12H2,1-2H3,(H,15,16). The van der Waals surface area contributed by atoms with Crippen molar-refractivity contribution in [3.8, 4) is 0 Å². The smallest absolute Gasteiger partial charge is 0.101 e. The summed E-state index contributed by atoms with van der Waals surface area (Å²) in [6, 6.07) is 10.5. The van der Waals surface area contributed by atoms with Gasteiger partial charge in [-0.05, 0) is 18.4 Å². The number of amidine groups is 1. The lowest BCUT2D eigenvalue weighted by molar-refractivity contribution is 0.814. The van der Waals surface area contributed by atoms with E-state index < -0.39 is 0 Å². The average Bonchev–Trinajstić information content (AvgIpc) is 2.34. The summed E-state index contributed by atoms with van der Waals surface area (Å²) < 4.78 is 0. The van der Waals surface area contributed by atoms with Crippen molar-refractivity contribution < 1.29 is 0 Å². The number of rotatable bonds is 6. The van der Waals surface area contributed by atoms with Gasteiger partial charge in [0.1, 0.15) is 5.84 Å². The first kappa shape index (κ1) is 12.8. The van der Waals surface area contributed by atoms with Crippen LogP contribution in [0.15, 0.2) is 35.3 Å². The molecule has 2 heteroatoms. The molecule has 0 aromatic heterocycles. The van der Waals surface area contributed by atoms with E-state index in [1.807, 2.05) is 6.07 Å². The summed E-state index contributed by atoms with van der Waals surface area (Å²) in [5.74, 6) is 1.12. The number of nitrogens with zero attached hydrogens (tertiary/aromatic N) is 1. The second kappa shape index (κ2) is 7.91. The van der Waals surface area contributed by atoms with Crippen LogP contribution in [-0.4, -0.2) is 18.9 Å². The maximum Gasteiger partial charge on any atom is 0.101 e. The van der Waals surface area contributed by atoms with Gasteiger partial charge in [0.05, 0.1) is 0 Å². The van der Waals surface area contributed by atoms with Gasteiger partial charge >= 0.3 is 0 Å². The highest BCUT2D eigenvalue weighted by atomic mass is 15.0. The highest BCUT2D eigenvalue weighted by Gasteiger charge is 1.99. The van der Waals surface area contributed by atoms with E-state index in [9.17, 15) is 0 Å². The highest BCUT2D eigenvalue weighted by Crippen LogP contribution is 2.00. The Morgan fingerprint density at radius 3 is 2.50 bits per heavy atom. The van der Waals surface area contributed by atoms with Crippen LogP contribution in [0.3, 0.4) is 0 Å². The normalized spacial score (nSPS) is 11.5. The zero-order valence-electron chi connectivity index (χ0n) is 10.4. The van der Waals surface area contributed by atoms with Crippen LogP contribution in [0.1, 0.15) is 32.3 Å². The van der Waals surface area contributed by atoms with Crippen LogP contribution in [-0.2, 0) is 6.42 Å². The molecule has 0 aliphatic carbocycles. The Hall–Kier alpha value is -1.31. The third-order valence-corrected chi connectivity index (χ3v) is 2.32. The fraction of sp³-hybridized carbons (Fsp3) is 0.500. The minimum Gasteiger partial charge on any atom is -0.374 e. The zero-order chi connectivity index (χ0) is 11.6. The summed E-state index contributed by atoms with van der Waals surface area (Å²) in [5, 5.41) is 3.40. The van der Waals surface area contributed by atoms with Crippen molar-refractivity contribution in [2.24, 2.45) is 4.99 Å². The van der Waals surface area contributed by atoms with Gasteiger partial charge in [0.15, 0.2) is 0 Å². The van der Waals surface area contributed by atoms with E-state index in [-0.39, 0.29) is 0 Å². The van der Waals surface area contributed by atoms with Crippen molar-refractivity contribution in [1.29, 1.82) is 0 Å². The molecule has 0 aliphatic heterocycles. The van der Waals surface area contributed by atoms with Crippen LogP contribution in [0.2, 0.25) is 0 Å². The molecule has 0 fully saturated rings. The predicted molar refractivity (Wildman–Crippen MR) is 71.0 cm³/mol. The van der Waals surface area contributed by atoms with Gasteiger partial charge in [0.2, 0.25) is 0 Å². The maximum atomic E-state index is 4.58. The molecular formula is C14H22N2. The quantitative estimate of drug-likeness (QED) is 0.576. The molecule has 2 nitrogen and oxygen atoms in total. The minimum atomic E-state index is 0.916. The average molecular weight is 218 g/mol. The molecule has 1 rings (SSSR count). The summed E-state index contributed by atoms with van der Waals surface area (Å²) in [4.78, 5) is 4.58. The molecule has 0 radical (unpaired) electrons. The molecule has 1 aromatic carbocycles. The van der Waals surface area contributed by atoms with Crippen LogP contribution in [0, 0.1) is 0 Å². The van der Waals surface area contributed by atoms with Crippen LogP contribution in [0.25, 0.3) is 0 Å². The van der Waals surface area contributed by atoms with Crippen molar-refractivity contribution in [2.45, 2.75) is 33.1 Å². The molecule has 0 amide bonds. The van der Waals surface area contributed by atoms with Crippen molar-refractivity contribution in [3.05, 3.63) is 35.9 Å². The van der Waals surface area contributed by atoms with Crippen molar-refractivity contribution in [1.82, 2.24) is 5.32 Å². The summed E-state index contributed by atoms with van der Waals surface area (Å²) in [7, 11) is 0. The SMILES string of the molecule is CCCN=C(Cc1ccccc1)NCCC. The second-order valence-corrected chi connectivity index (χ2v) is 3.92. The summed E-state index contributed by atoms with van der Waals surface area (Å²) in [6.45, 7) is 6.25. The van der Waals surface area contributed by atoms with Crippen molar-refractivity contribution in [3.63, 3.8) is 0 Å². The highest BCUT2D eigenvalue weighted by molar-refractivity contribution is 5.84. The summed E-state index contributed by atoms with van der Waals surface area (Å²) >= 11 is 0. The molecular weight excluding hydrogens is 196 g/mol. The van der Waals surface area contributed by atoms with Crippen LogP contribution in [0.4, 0.5) is 0 Å². The molecule has 0 unspecified atom stereocenters. The molecule has 0 aliphatic rings. The van der Waals surface area contributed by atoms with Crippen molar-refractivity contribution in [2.75, 3.05) is 13.1 Å². The van der Waals surface area contributed by atoms with Gasteiger partial charge in [-0.3, -0.25) is 4.99 Å². The molecule has 0 atom stereocenters. The molecule has 0 spiro atoms. The number of aliphatic imine (C=N–C) groups is 1. The first-order valence-corrected chi connectivity index (χ1v) is 6.18. The molecule has 16 heavy (non-hydrogen) atoms. The molecule has 0 saturated heterocycles. The lowest BCUT2D eigenvalue weighted by Crippen LogP contribution is -2.26. The first-order valence-electron chi connectivity index (χ1n) is 6.18. The van der Waals surface area contributed by atoms with Crippen LogP contribution in [0.5, 0.6) is 0 Å². The summed E-state index contributed by atoms with van der Waals surface area (Å²) in [5.41, 5.74) is 1.32. The third kappa shape index (κ3) is 4.96. The first-order chi connectivity index (χ1) is 7.86. The Morgan fingerprint density at radius 1 is 1.12 bits per heavy atom. The molecule has 0 bridgehead atoms. The van der Waals surface area contributed by atoms with E-state index in [0.717, 1.165) is 38.2 Å². The van der Waals surface area contributed by atoms with E-state index in [0.29, 0.717) is 0 Å². The maximum absolute atomic E-state index is 4.58. The number of nitrogens with one attached hydrogen (secondary N) is 1. The molecule has 1 aromatic rings. The van der Waals surface area contributed by atoms with Crippen LogP contribution >= 0.6 is 0 Å². The Kier molecular flexibility index (Phi) is 6.31. The molecule has 88 valence electrons. The second-order valence-electron chi connectivity index (χ2n) is 3.92. The number of hydrogen-bond acceptors (Lipinski definition) is 1. The van der Waals surface area contributed by atoms with Gasteiger partial charge in [0.25, 0.3) is 0 Å². The lowest BCUT2D eigenvalue weighted by atomic mass is 10.1. The minimum absolute atomic E-state index is 0.916. The van der Waals surface area contributed by atoms with Gasteiger partial charge in [-0.1, -0.05) is 44.2 Å². The van der Waals surface area contributed by atoms with E-state index in [1.54, 1.807) is 0 Å². The topological polar surface area (TPSA) is 24.4 Å². The van der Waals surface area contributed by atoms with E-state index in [2.05, 4.69) is 48.4 Å². The van der Waals surface area contributed by atoms with E-state index in [4.69, 9.17) is 0 Å². The third-order valence-electron chi connectivity index (χ3n) is 2.32. The van der Waals surface area contributed by atoms with Gasteiger partial charge in [-0.2, -0.15) is 0 Å². The Balaban J connectivity index is 2.56. The Labute approximate surface area is 98.8 Å². The monoisotopic (exact) mass is 218 g/mol. The van der Waals surface area contributed by atoms with Crippen molar-refractivity contribution >= 4 is 5.84 Å². The molecule has 0 heterocycles. The fourth-order valence-electron chi connectivity index (χ4n) is 1.48. The fourth-order valence-corrected chi connectivity index (χ4v) is 1.48. The largest absolute Gasteiger partial charge is 0.374 e. The molecule has 0 saturated carbocycles. The number of benzene rings is 1. The lowest BCUT2D eigenvalue weighted by Gasteiger charge is -2.09. The van der Waals surface area contributed by atoms with Gasteiger partial charge in [-0.15, -0.1) is 0 Å². The Bertz CT molecular complexity index is 304. The molecule has 1 N–H and O–H groups in total. The van der Waals surface area contributed by atoms with Gasteiger partial charge < -0.3 is 5.32 Å². The van der Waals surface area contributed by atoms with Gasteiger partial charge in [0, 0.05) is 19.5 Å². The van der Waals surface area contributed by atoms with Crippen LogP contribution < -0.4 is 5.32 Å².